The van der Waals surface area contributed by atoms with E-state index in [2.05, 4.69) is 50.0 Å². The quantitative estimate of drug-likeness (QED) is 0.643. The number of hydrogen-bond acceptors (Lipinski definition) is 1. The van der Waals surface area contributed by atoms with Crippen molar-refractivity contribution in [2.75, 3.05) is 0 Å². The summed E-state index contributed by atoms with van der Waals surface area (Å²) in [5, 5.41) is 0. The van der Waals surface area contributed by atoms with Crippen molar-refractivity contribution in [1.29, 1.82) is 0 Å². The highest BCUT2D eigenvalue weighted by molar-refractivity contribution is 6.80. The zero-order valence-corrected chi connectivity index (χ0v) is 15.2. The minimum absolute atomic E-state index is 0.0792. The van der Waals surface area contributed by atoms with Crippen molar-refractivity contribution in [3.63, 3.8) is 0 Å². The Bertz CT molecular complexity index is 231. The molecule has 0 aliphatic heterocycles. The molecule has 18 heavy (non-hydrogen) atoms. The predicted molar refractivity (Wildman–Crippen MR) is 86.1 cm³/mol. The van der Waals surface area contributed by atoms with Crippen molar-refractivity contribution in [1.82, 2.24) is 9.96 Å². The zero-order chi connectivity index (χ0) is 14.2. The van der Waals surface area contributed by atoms with Crippen LogP contribution >= 0.6 is 0 Å². The highest BCUT2D eigenvalue weighted by Crippen LogP contribution is 2.12. The lowest BCUT2D eigenvalue weighted by atomic mass is 10.4. The summed E-state index contributed by atoms with van der Waals surface area (Å²) in [4.78, 5) is 18.5. The molecule has 0 aliphatic rings. The van der Waals surface area contributed by atoms with Gasteiger partial charge in [-0.05, 0) is 12.1 Å². The van der Waals surface area contributed by atoms with Gasteiger partial charge < -0.3 is 9.96 Å². The molecule has 0 saturated carbocycles. The average molecular weight is 289 g/mol. The molecule has 0 bridgehead atoms. The van der Waals surface area contributed by atoms with Crippen LogP contribution in [0, 0.1) is 0 Å². The van der Waals surface area contributed by atoms with E-state index in [0.717, 1.165) is 0 Å². The van der Waals surface area contributed by atoms with Gasteiger partial charge in [-0.2, -0.15) is 0 Å². The van der Waals surface area contributed by atoms with Gasteiger partial charge in [0, 0.05) is 0 Å². The van der Waals surface area contributed by atoms with Gasteiger partial charge in [0.1, 0.15) is 0 Å². The van der Waals surface area contributed by atoms with Crippen LogP contribution in [0.25, 0.3) is 0 Å². The summed E-state index contributed by atoms with van der Waals surface area (Å²) >= 11 is 0. The van der Waals surface area contributed by atoms with Gasteiger partial charge in [-0.15, -0.1) is 0 Å². The van der Waals surface area contributed by atoms with E-state index < -0.39 is 16.5 Å². The lowest BCUT2D eigenvalue weighted by molar-refractivity contribution is 0.249. The maximum Gasteiger partial charge on any atom is 0.298 e. The lowest BCUT2D eigenvalue weighted by Gasteiger charge is -2.28. The lowest BCUT2D eigenvalue weighted by Crippen LogP contribution is -2.58. The Labute approximate surface area is 115 Å². The molecule has 0 rings (SSSR count). The Hall–Kier alpha value is -0.296. The van der Waals surface area contributed by atoms with E-state index in [9.17, 15) is 4.79 Å². The van der Waals surface area contributed by atoms with Crippen LogP contribution in [0.2, 0.25) is 38.3 Å². The second kappa shape index (κ2) is 7.99. The van der Waals surface area contributed by atoms with Crippen LogP contribution in [0.1, 0.15) is 39.5 Å². The van der Waals surface area contributed by atoms with E-state index in [0.29, 0.717) is 0 Å². The second-order valence-corrected chi connectivity index (χ2v) is 15.6. The maximum absolute atomic E-state index is 12.0. The first-order chi connectivity index (χ1) is 8.22. The molecular weight excluding hydrogens is 256 g/mol. The fraction of sp³-hybridized carbons (Fsp3) is 0.923. The van der Waals surface area contributed by atoms with E-state index in [4.69, 9.17) is 0 Å². The molecular formula is C13H32N2OSi2. The highest BCUT2D eigenvalue weighted by atomic mass is 28.3. The number of amides is 2. The monoisotopic (exact) mass is 288 g/mol. The Morgan fingerprint density at radius 2 is 1.17 bits per heavy atom. The summed E-state index contributed by atoms with van der Waals surface area (Å²) in [5.74, 6) is 0. The standard InChI is InChI=1S/C13H32N2OSi2/c1-7-9-11-17(3,4)14-13(16)15-18(5,6)12-10-8-2/h7-12H2,1-6H3,(H2,14,15,16). The van der Waals surface area contributed by atoms with Crippen LogP contribution in [0.5, 0.6) is 0 Å². The third kappa shape index (κ3) is 8.75. The maximum atomic E-state index is 12.0. The number of unbranched alkanes of at least 4 members (excludes halogenated alkanes) is 2. The number of rotatable bonds is 8. The molecule has 0 aromatic heterocycles. The zero-order valence-electron chi connectivity index (χ0n) is 13.2. The Morgan fingerprint density at radius 1 is 0.833 bits per heavy atom. The molecule has 0 unspecified atom stereocenters. The first-order valence-electron chi connectivity index (χ1n) is 7.33. The van der Waals surface area contributed by atoms with Gasteiger partial charge >= 0.3 is 0 Å². The largest absolute Gasteiger partial charge is 0.365 e. The van der Waals surface area contributed by atoms with E-state index in [-0.39, 0.29) is 6.03 Å². The van der Waals surface area contributed by atoms with Crippen LogP contribution in [-0.2, 0) is 0 Å². The summed E-state index contributed by atoms with van der Waals surface area (Å²) in [7, 11) is -3.12. The third-order valence-electron chi connectivity index (χ3n) is 3.21. The number of carbonyl (C=O) groups is 1. The summed E-state index contributed by atoms with van der Waals surface area (Å²) < 4.78 is 0. The minimum Gasteiger partial charge on any atom is -0.365 e. The molecule has 2 N–H and O–H groups in total. The fourth-order valence-corrected chi connectivity index (χ4v) is 6.21. The molecule has 0 aliphatic carbocycles. The summed E-state index contributed by atoms with van der Waals surface area (Å²) in [5.41, 5.74) is 0. The van der Waals surface area contributed by atoms with Gasteiger partial charge in [-0.3, -0.25) is 4.79 Å². The Morgan fingerprint density at radius 3 is 1.44 bits per heavy atom. The topological polar surface area (TPSA) is 41.1 Å². The molecule has 2 amide bonds. The van der Waals surface area contributed by atoms with Gasteiger partial charge in [-0.1, -0.05) is 65.7 Å². The molecule has 0 spiro atoms. The van der Waals surface area contributed by atoms with E-state index in [1.54, 1.807) is 0 Å². The van der Waals surface area contributed by atoms with Crippen LogP contribution in [-0.4, -0.2) is 22.5 Å². The van der Waals surface area contributed by atoms with Gasteiger partial charge in [0.15, 0.2) is 16.5 Å². The van der Waals surface area contributed by atoms with Crippen molar-refractivity contribution in [3.05, 3.63) is 0 Å². The smallest absolute Gasteiger partial charge is 0.298 e. The number of nitrogens with one attached hydrogen (secondary N) is 2. The second-order valence-electron chi connectivity index (χ2n) is 6.55. The molecule has 0 fully saturated rings. The van der Waals surface area contributed by atoms with Crippen LogP contribution in [0.4, 0.5) is 4.79 Å². The summed E-state index contributed by atoms with van der Waals surface area (Å²) in [6.45, 7) is 13.4. The summed E-state index contributed by atoms with van der Waals surface area (Å²) in [6, 6.07) is 2.43. The Kier molecular flexibility index (Phi) is 7.86. The minimum atomic E-state index is -1.56. The fourth-order valence-electron chi connectivity index (χ4n) is 2.01. The molecule has 0 aromatic rings. The average Bonchev–Trinajstić information content (AvgIpc) is 2.22. The first-order valence-corrected chi connectivity index (χ1v) is 13.7. The van der Waals surface area contributed by atoms with Crippen molar-refractivity contribution < 1.29 is 4.79 Å². The van der Waals surface area contributed by atoms with E-state index in [1.807, 2.05) is 0 Å². The molecule has 0 heterocycles. The van der Waals surface area contributed by atoms with Crippen molar-refractivity contribution >= 4 is 22.5 Å². The molecule has 3 nitrogen and oxygen atoms in total. The summed E-state index contributed by atoms with van der Waals surface area (Å²) in [6.07, 6.45) is 4.85. The Balaban J connectivity index is 4.16. The molecule has 0 aromatic carbocycles. The van der Waals surface area contributed by atoms with Gasteiger partial charge in [0.2, 0.25) is 0 Å². The first kappa shape index (κ1) is 17.7. The van der Waals surface area contributed by atoms with Crippen molar-refractivity contribution in [2.24, 2.45) is 0 Å². The van der Waals surface area contributed by atoms with Crippen LogP contribution < -0.4 is 9.96 Å². The predicted octanol–water partition coefficient (Wildman–Crippen LogP) is 4.30. The van der Waals surface area contributed by atoms with Crippen molar-refractivity contribution in [2.45, 2.75) is 77.8 Å². The SMILES string of the molecule is CCCC[Si](C)(C)NC(=O)N[Si](C)(C)CCCC. The van der Waals surface area contributed by atoms with E-state index in [1.165, 1.54) is 37.8 Å². The molecule has 0 atom stereocenters. The number of carbonyl (C=O) groups excluding carboxylic acids is 1. The molecule has 0 radical (unpaired) electrons. The third-order valence-corrected chi connectivity index (χ3v) is 8.23. The van der Waals surface area contributed by atoms with Crippen molar-refractivity contribution in [3.8, 4) is 0 Å². The normalized spacial score (nSPS) is 12.3. The highest BCUT2D eigenvalue weighted by Gasteiger charge is 2.27. The number of hydrogen-bond donors (Lipinski definition) is 2. The van der Waals surface area contributed by atoms with E-state index >= 15 is 0 Å². The van der Waals surface area contributed by atoms with Gasteiger partial charge in [0.05, 0.1) is 0 Å². The van der Waals surface area contributed by atoms with Gasteiger partial charge in [-0.25, -0.2) is 0 Å². The van der Waals surface area contributed by atoms with Crippen LogP contribution in [0.3, 0.4) is 0 Å². The molecule has 5 heteroatoms. The van der Waals surface area contributed by atoms with Gasteiger partial charge in [0.25, 0.3) is 6.03 Å². The van der Waals surface area contributed by atoms with Crippen LogP contribution in [0.15, 0.2) is 0 Å². The molecule has 108 valence electrons. The molecule has 0 saturated heterocycles. The number of urea groups is 1.